The van der Waals surface area contributed by atoms with Gasteiger partial charge in [0.1, 0.15) is 0 Å². The van der Waals surface area contributed by atoms with E-state index in [0.29, 0.717) is 6.54 Å². The highest BCUT2D eigenvalue weighted by atomic mass is 16.5. The van der Waals surface area contributed by atoms with Gasteiger partial charge in [0.05, 0.1) is 12.2 Å². The molecule has 0 aliphatic carbocycles. The summed E-state index contributed by atoms with van der Waals surface area (Å²) in [6.45, 7) is 2.46. The van der Waals surface area contributed by atoms with Crippen molar-refractivity contribution in [2.75, 3.05) is 7.05 Å². The topological polar surface area (TPSA) is 41.3 Å². The van der Waals surface area contributed by atoms with E-state index in [1.807, 2.05) is 20.2 Å². The molecule has 0 saturated heterocycles. The zero-order valence-corrected chi connectivity index (χ0v) is 7.07. The minimum absolute atomic E-state index is 0.527. The molecule has 0 amide bonds. The first kappa shape index (κ1) is 8.23. The fourth-order valence-electron chi connectivity index (χ4n) is 1.05. The van der Waals surface area contributed by atoms with Gasteiger partial charge in [-0.2, -0.15) is 10.2 Å². The number of hydrogen-bond acceptors (Lipinski definition) is 3. The van der Waals surface area contributed by atoms with Crippen LogP contribution in [0, 0.1) is 6.92 Å². The van der Waals surface area contributed by atoms with Crippen LogP contribution in [0.1, 0.15) is 11.3 Å². The van der Waals surface area contributed by atoms with Crippen molar-refractivity contribution >= 4 is 0 Å². The van der Waals surface area contributed by atoms with Crippen molar-refractivity contribution in [1.82, 2.24) is 14.8 Å². The molecule has 1 N–H and O–H groups in total. The van der Waals surface area contributed by atoms with E-state index in [9.17, 15) is 0 Å². The molecule has 1 aromatic rings. The van der Waals surface area contributed by atoms with E-state index < -0.39 is 0 Å². The monoisotopic (exact) mass is 155 g/mol. The number of aromatic nitrogens is 2. The first-order chi connectivity index (χ1) is 5.09. The zero-order chi connectivity index (χ0) is 8.43. The number of nitrogens with zero attached hydrogens (tertiary/aromatic N) is 3. The lowest BCUT2D eigenvalue weighted by Crippen LogP contribution is -2.11. The van der Waals surface area contributed by atoms with Crippen molar-refractivity contribution in [2.45, 2.75) is 13.5 Å². The average molecular weight is 155 g/mol. The molecule has 0 aromatic carbocycles. The van der Waals surface area contributed by atoms with Gasteiger partial charge in [0.15, 0.2) is 0 Å². The molecule has 11 heavy (non-hydrogen) atoms. The molecule has 0 bridgehead atoms. The van der Waals surface area contributed by atoms with Crippen LogP contribution in [-0.2, 0) is 13.6 Å². The molecule has 4 nitrogen and oxygen atoms in total. The number of rotatable bonds is 2. The molecular weight excluding hydrogens is 142 g/mol. The lowest BCUT2D eigenvalue weighted by Gasteiger charge is -2.05. The molecule has 1 aromatic heterocycles. The Kier molecular flexibility index (Phi) is 2.26. The second-order valence-electron chi connectivity index (χ2n) is 2.73. The Bertz CT molecular complexity index is 242. The third-order valence-corrected chi connectivity index (χ3v) is 1.51. The van der Waals surface area contributed by atoms with E-state index >= 15 is 0 Å². The molecule has 0 spiro atoms. The van der Waals surface area contributed by atoms with Crippen LogP contribution in [-0.4, -0.2) is 27.1 Å². The van der Waals surface area contributed by atoms with Crippen molar-refractivity contribution in [2.24, 2.45) is 7.05 Å². The standard InChI is InChI=1S/C7H13N3O/c1-6-7(5-10(3)11)4-9(2)8-6/h4,11H,5H2,1-3H3. The molecule has 62 valence electrons. The van der Waals surface area contributed by atoms with Crippen molar-refractivity contribution in [1.29, 1.82) is 0 Å². The second kappa shape index (κ2) is 3.02. The molecule has 1 heterocycles. The molecule has 0 radical (unpaired) electrons. The van der Waals surface area contributed by atoms with Crippen molar-refractivity contribution in [3.63, 3.8) is 0 Å². The van der Waals surface area contributed by atoms with Gasteiger partial charge in [-0.25, -0.2) is 0 Å². The van der Waals surface area contributed by atoms with E-state index in [1.54, 1.807) is 11.7 Å². The summed E-state index contributed by atoms with van der Waals surface area (Å²) in [5.41, 5.74) is 2.02. The van der Waals surface area contributed by atoms with Crippen molar-refractivity contribution in [3.05, 3.63) is 17.5 Å². The third kappa shape index (κ3) is 2.03. The van der Waals surface area contributed by atoms with E-state index in [4.69, 9.17) is 5.21 Å². The van der Waals surface area contributed by atoms with Gasteiger partial charge < -0.3 is 5.21 Å². The Hall–Kier alpha value is -0.870. The summed E-state index contributed by atoms with van der Waals surface area (Å²) in [6, 6.07) is 0. The van der Waals surface area contributed by atoms with Crippen LogP contribution in [0.5, 0.6) is 0 Å². The summed E-state index contributed by atoms with van der Waals surface area (Å²) in [7, 11) is 3.49. The minimum Gasteiger partial charge on any atom is -0.314 e. The van der Waals surface area contributed by atoms with Crippen LogP contribution in [0.15, 0.2) is 6.20 Å². The van der Waals surface area contributed by atoms with Gasteiger partial charge >= 0.3 is 0 Å². The van der Waals surface area contributed by atoms with Crippen LogP contribution >= 0.6 is 0 Å². The summed E-state index contributed by atoms with van der Waals surface area (Å²) < 4.78 is 1.74. The predicted molar refractivity (Wildman–Crippen MR) is 41.2 cm³/mol. The van der Waals surface area contributed by atoms with E-state index in [0.717, 1.165) is 16.3 Å². The highest BCUT2D eigenvalue weighted by Gasteiger charge is 2.03. The molecule has 0 aliphatic heterocycles. The van der Waals surface area contributed by atoms with Crippen molar-refractivity contribution < 1.29 is 5.21 Å². The molecule has 1 rings (SSSR count). The Morgan fingerprint density at radius 2 is 2.36 bits per heavy atom. The fourth-order valence-corrected chi connectivity index (χ4v) is 1.05. The van der Waals surface area contributed by atoms with E-state index in [-0.39, 0.29) is 0 Å². The molecule has 0 saturated carbocycles. The largest absolute Gasteiger partial charge is 0.314 e. The van der Waals surface area contributed by atoms with Gasteiger partial charge in [-0.05, 0) is 6.92 Å². The van der Waals surface area contributed by atoms with Gasteiger partial charge in [-0.3, -0.25) is 4.68 Å². The van der Waals surface area contributed by atoms with Crippen LogP contribution in [0.3, 0.4) is 0 Å². The number of aryl methyl sites for hydroxylation is 2. The summed E-state index contributed by atoms with van der Waals surface area (Å²) in [5.74, 6) is 0. The lowest BCUT2D eigenvalue weighted by atomic mass is 10.3. The number of hydroxylamine groups is 2. The molecule has 0 atom stereocenters. The number of hydrogen-bond donors (Lipinski definition) is 1. The summed E-state index contributed by atoms with van der Waals surface area (Å²) in [5, 5.41) is 14.2. The first-order valence-electron chi connectivity index (χ1n) is 3.48. The predicted octanol–water partition coefficient (Wildman–Crippen LogP) is 0.550. The van der Waals surface area contributed by atoms with Crippen LogP contribution < -0.4 is 0 Å². The van der Waals surface area contributed by atoms with E-state index in [1.165, 1.54) is 0 Å². The maximum absolute atomic E-state index is 8.94. The molecular formula is C7H13N3O. The summed E-state index contributed by atoms with van der Waals surface area (Å²) in [6.07, 6.45) is 1.90. The van der Waals surface area contributed by atoms with E-state index in [2.05, 4.69) is 5.10 Å². The van der Waals surface area contributed by atoms with Crippen LogP contribution in [0.25, 0.3) is 0 Å². The summed E-state index contributed by atoms with van der Waals surface area (Å²) >= 11 is 0. The zero-order valence-electron chi connectivity index (χ0n) is 7.07. The lowest BCUT2D eigenvalue weighted by molar-refractivity contribution is -0.0733. The molecule has 0 unspecified atom stereocenters. The highest BCUT2D eigenvalue weighted by molar-refractivity contribution is 5.14. The first-order valence-corrected chi connectivity index (χ1v) is 3.48. The smallest absolute Gasteiger partial charge is 0.0639 e. The highest BCUT2D eigenvalue weighted by Crippen LogP contribution is 2.05. The third-order valence-electron chi connectivity index (χ3n) is 1.51. The maximum atomic E-state index is 8.94. The molecule has 0 aliphatic rings. The second-order valence-corrected chi connectivity index (χ2v) is 2.73. The normalized spacial score (nSPS) is 11.0. The van der Waals surface area contributed by atoms with Gasteiger partial charge in [0.2, 0.25) is 0 Å². The molecule has 4 heteroatoms. The Morgan fingerprint density at radius 1 is 1.73 bits per heavy atom. The van der Waals surface area contributed by atoms with Crippen LogP contribution in [0.2, 0.25) is 0 Å². The van der Waals surface area contributed by atoms with Crippen molar-refractivity contribution in [3.8, 4) is 0 Å². The quantitative estimate of drug-likeness (QED) is 0.634. The van der Waals surface area contributed by atoms with Gasteiger partial charge in [0, 0.05) is 25.9 Å². The Labute approximate surface area is 66.0 Å². The van der Waals surface area contributed by atoms with Crippen LogP contribution in [0.4, 0.5) is 0 Å². The minimum atomic E-state index is 0.527. The average Bonchev–Trinajstić information content (AvgIpc) is 2.09. The summed E-state index contributed by atoms with van der Waals surface area (Å²) in [4.78, 5) is 0. The van der Waals surface area contributed by atoms with Gasteiger partial charge in [0.25, 0.3) is 0 Å². The van der Waals surface area contributed by atoms with Gasteiger partial charge in [-0.1, -0.05) is 0 Å². The molecule has 0 fully saturated rings. The maximum Gasteiger partial charge on any atom is 0.0639 e. The van der Waals surface area contributed by atoms with Gasteiger partial charge in [-0.15, -0.1) is 0 Å². The SMILES string of the molecule is Cc1nn(C)cc1CN(C)O. The fraction of sp³-hybridized carbons (Fsp3) is 0.571. The Balaban J connectivity index is 2.77. The Morgan fingerprint density at radius 3 is 2.73 bits per heavy atom.